The molecular weight excluding hydrogens is 417 g/mol. The first-order valence-electron chi connectivity index (χ1n) is 5.58. The number of hydrogen-bond acceptors (Lipinski definition) is 6. The summed E-state index contributed by atoms with van der Waals surface area (Å²) in [6.45, 7) is 0. The van der Waals surface area contributed by atoms with E-state index in [9.17, 15) is 8.42 Å². The Morgan fingerprint density at radius 1 is 1.18 bits per heavy atom. The van der Waals surface area contributed by atoms with E-state index in [1.807, 2.05) is 4.83 Å². The molecule has 1 aromatic heterocycles. The summed E-state index contributed by atoms with van der Waals surface area (Å²) in [6.07, 6.45) is 1.08. The molecule has 2 aromatic rings. The zero-order chi connectivity index (χ0) is 16.3. The van der Waals surface area contributed by atoms with Crippen molar-refractivity contribution in [2.24, 2.45) is 5.10 Å². The van der Waals surface area contributed by atoms with Crippen molar-refractivity contribution in [3.05, 3.63) is 44.7 Å². The number of nitrogens with two attached hydrogens (primary N) is 1. The van der Waals surface area contributed by atoms with E-state index >= 15 is 0 Å². The van der Waals surface area contributed by atoms with Crippen LogP contribution in [0, 0.1) is 0 Å². The maximum atomic E-state index is 12.0. The minimum Gasteiger partial charge on any atom is -0.382 e. The van der Waals surface area contributed by atoms with Crippen LogP contribution in [-0.4, -0.2) is 24.6 Å². The highest BCUT2D eigenvalue weighted by molar-refractivity contribution is 9.10. The smallest absolute Gasteiger partial charge is 0.276 e. The number of rotatable bonds is 4. The van der Waals surface area contributed by atoms with Gasteiger partial charge in [0.1, 0.15) is 5.69 Å². The zero-order valence-electron chi connectivity index (χ0n) is 10.7. The second-order valence-corrected chi connectivity index (χ2v) is 7.18. The highest BCUT2D eigenvalue weighted by atomic mass is 79.9. The number of sulfonamides is 1. The molecule has 0 bridgehead atoms. The van der Waals surface area contributed by atoms with Crippen molar-refractivity contribution in [2.45, 2.75) is 4.90 Å². The van der Waals surface area contributed by atoms with Crippen LogP contribution < -0.4 is 10.6 Å². The van der Waals surface area contributed by atoms with Crippen molar-refractivity contribution in [2.75, 3.05) is 5.73 Å². The van der Waals surface area contributed by atoms with Gasteiger partial charge in [-0.3, -0.25) is 0 Å². The number of aromatic nitrogens is 2. The summed E-state index contributed by atoms with van der Waals surface area (Å²) in [5.41, 5.74) is 5.67. The van der Waals surface area contributed by atoms with Crippen LogP contribution in [0.3, 0.4) is 0 Å². The summed E-state index contributed by atoms with van der Waals surface area (Å²) in [5.74, 6) is -0.0269. The van der Waals surface area contributed by atoms with Crippen LogP contribution in [0.15, 0.2) is 38.7 Å². The van der Waals surface area contributed by atoms with E-state index in [1.54, 1.807) is 12.1 Å². The Morgan fingerprint density at radius 3 is 2.41 bits per heavy atom. The highest BCUT2D eigenvalue weighted by Crippen LogP contribution is 2.19. The summed E-state index contributed by atoms with van der Waals surface area (Å²) in [6, 6.07) is 6.05. The van der Waals surface area contributed by atoms with Crippen LogP contribution >= 0.6 is 39.1 Å². The van der Waals surface area contributed by atoms with E-state index in [0.29, 0.717) is 0 Å². The molecular formula is C11H8BrCl2N5O2S. The number of nitrogen functional groups attached to an aromatic ring is 1. The van der Waals surface area contributed by atoms with E-state index < -0.39 is 10.0 Å². The summed E-state index contributed by atoms with van der Waals surface area (Å²) in [7, 11) is -3.80. The summed E-state index contributed by atoms with van der Waals surface area (Å²) in [4.78, 5) is 9.65. The van der Waals surface area contributed by atoms with Gasteiger partial charge in [-0.25, -0.2) is 14.8 Å². The molecule has 11 heteroatoms. The predicted octanol–water partition coefficient (Wildman–Crippen LogP) is 2.44. The molecule has 0 saturated carbocycles. The maximum absolute atomic E-state index is 12.0. The Bertz CT molecular complexity index is 827. The van der Waals surface area contributed by atoms with Crippen LogP contribution in [0.1, 0.15) is 5.69 Å². The number of benzene rings is 1. The molecule has 0 aliphatic carbocycles. The Balaban J connectivity index is 2.18. The van der Waals surface area contributed by atoms with Crippen LogP contribution in [0.5, 0.6) is 0 Å². The molecule has 2 rings (SSSR count). The van der Waals surface area contributed by atoms with Crippen LogP contribution in [0.2, 0.25) is 10.3 Å². The lowest BCUT2D eigenvalue weighted by atomic mass is 10.4. The summed E-state index contributed by atoms with van der Waals surface area (Å²) < 4.78 is 24.7. The quantitative estimate of drug-likeness (QED) is 0.578. The average Bonchev–Trinajstić information content (AvgIpc) is 2.44. The van der Waals surface area contributed by atoms with Crippen molar-refractivity contribution >= 4 is 61.2 Å². The third kappa shape index (κ3) is 4.07. The van der Waals surface area contributed by atoms with Gasteiger partial charge in [0.05, 0.1) is 11.1 Å². The van der Waals surface area contributed by atoms with Crippen LogP contribution in [0.25, 0.3) is 0 Å². The second kappa shape index (κ2) is 6.78. The fourth-order valence-corrected chi connectivity index (χ4v) is 2.66. The number of nitrogens with zero attached hydrogens (tertiary/aromatic N) is 3. The Morgan fingerprint density at radius 2 is 1.77 bits per heavy atom. The molecule has 7 nitrogen and oxygen atoms in total. The van der Waals surface area contributed by atoms with E-state index in [2.05, 4.69) is 31.0 Å². The largest absolute Gasteiger partial charge is 0.382 e. The van der Waals surface area contributed by atoms with Crippen molar-refractivity contribution in [1.82, 2.24) is 14.8 Å². The second-order valence-electron chi connectivity index (χ2n) is 3.88. The normalized spacial score (nSPS) is 11.8. The molecule has 0 amide bonds. The maximum Gasteiger partial charge on any atom is 0.276 e. The molecule has 116 valence electrons. The summed E-state index contributed by atoms with van der Waals surface area (Å²) >= 11 is 14.6. The topological polar surface area (TPSA) is 110 Å². The van der Waals surface area contributed by atoms with Crippen molar-refractivity contribution in [1.29, 1.82) is 0 Å². The molecule has 22 heavy (non-hydrogen) atoms. The minimum absolute atomic E-state index is 0.0269. The number of hydrogen-bond donors (Lipinski definition) is 2. The Kier molecular flexibility index (Phi) is 5.22. The lowest BCUT2D eigenvalue weighted by molar-refractivity contribution is 0.584. The van der Waals surface area contributed by atoms with Gasteiger partial charge in [0.2, 0.25) is 0 Å². The van der Waals surface area contributed by atoms with Gasteiger partial charge in [-0.15, -0.1) is 0 Å². The molecule has 0 saturated heterocycles. The molecule has 3 N–H and O–H groups in total. The number of anilines is 1. The van der Waals surface area contributed by atoms with Gasteiger partial charge in [-0.05, 0) is 24.3 Å². The first-order valence-corrected chi connectivity index (χ1v) is 8.62. The predicted molar refractivity (Wildman–Crippen MR) is 88.5 cm³/mol. The Labute approximate surface area is 144 Å². The molecule has 0 aliphatic heterocycles. The molecule has 0 spiro atoms. The minimum atomic E-state index is -3.80. The van der Waals surface area contributed by atoms with Gasteiger partial charge in [0.25, 0.3) is 10.0 Å². The number of hydrazone groups is 1. The molecule has 0 unspecified atom stereocenters. The monoisotopic (exact) mass is 423 g/mol. The Hall–Kier alpha value is -1.42. The lowest BCUT2D eigenvalue weighted by Gasteiger charge is -2.04. The van der Waals surface area contributed by atoms with E-state index in [1.165, 1.54) is 12.1 Å². The zero-order valence-corrected chi connectivity index (χ0v) is 14.6. The molecule has 0 fully saturated rings. The number of nitrogens with one attached hydrogen (secondary N) is 1. The average molecular weight is 425 g/mol. The fourth-order valence-electron chi connectivity index (χ4n) is 1.34. The van der Waals surface area contributed by atoms with Gasteiger partial charge in [-0.2, -0.15) is 13.5 Å². The van der Waals surface area contributed by atoms with Gasteiger partial charge in [0, 0.05) is 4.47 Å². The van der Waals surface area contributed by atoms with Crippen molar-refractivity contribution < 1.29 is 8.42 Å². The third-order valence-electron chi connectivity index (χ3n) is 2.35. The highest BCUT2D eigenvalue weighted by Gasteiger charge is 2.12. The first-order chi connectivity index (χ1) is 10.3. The van der Waals surface area contributed by atoms with Crippen molar-refractivity contribution in [3.8, 4) is 0 Å². The van der Waals surface area contributed by atoms with Gasteiger partial charge >= 0.3 is 0 Å². The van der Waals surface area contributed by atoms with Gasteiger partial charge < -0.3 is 5.73 Å². The van der Waals surface area contributed by atoms with Crippen LogP contribution in [0.4, 0.5) is 5.82 Å². The molecule has 0 atom stereocenters. The lowest BCUT2D eigenvalue weighted by Crippen LogP contribution is -2.18. The first kappa shape index (κ1) is 16.9. The third-order valence-corrected chi connectivity index (χ3v) is 4.74. The van der Waals surface area contributed by atoms with E-state index in [-0.39, 0.29) is 26.7 Å². The van der Waals surface area contributed by atoms with E-state index in [0.717, 1.165) is 10.7 Å². The van der Waals surface area contributed by atoms with Gasteiger partial charge in [-0.1, -0.05) is 39.1 Å². The molecule has 0 aliphatic rings. The standard InChI is InChI=1S/C11H8BrCl2N5O2S/c12-6-1-3-7(4-2-6)22(20,21)19-16-5-8-11(15)18-10(14)9(13)17-8/h1-5,19H,(H2,15,18)/b16-5-. The number of halogens is 3. The fraction of sp³-hybridized carbons (Fsp3) is 0. The molecule has 1 aromatic carbocycles. The van der Waals surface area contributed by atoms with E-state index in [4.69, 9.17) is 28.9 Å². The van der Waals surface area contributed by atoms with Crippen molar-refractivity contribution in [3.63, 3.8) is 0 Å². The van der Waals surface area contributed by atoms with Crippen LogP contribution in [-0.2, 0) is 10.0 Å². The molecule has 1 heterocycles. The summed E-state index contributed by atoms with van der Waals surface area (Å²) in [5, 5.41) is 3.47. The SMILES string of the molecule is Nc1nc(Cl)c(Cl)nc1/C=N\NS(=O)(=O)c1ccc(Br)cc1. The molecule has 0 radical (unpaired) electrons. The van der Waals surface area contributed by atoms with Gasteiger partial charge in [0.15, 0.2) is 16.1 Å².